The van der Waals surface area contributed by atoms with E-state index < -0.39 is 24.0 Å². The summed E-state index contributed by atoms with van der Waals surface area (Å²) in [6.45, 7) is 0. The highest BCUT2D eigenvalue weighted by Gasteiger charge is 2.41. The van der Waals surface area contributed by atoms with E-state index in [1.54, 1.807) is 30.3 Å². The summed E-state index contributed by atoms with van der Waals surface area (Å²) in [5.74, 6) is -1.48. The maximum absolute atomic E-state index is 12.6. The molecule has 0 aromatic heterocycles. The third kappa shape index (κ3) is 3.82. The van der Waals surface area contributed by atoms with E-state index in [-0.39, 0.29) is 10.4 Å². The fraction of sp³-hybridized carbons (Fsp3) is 0.158. The third-order valence-corrected chi connectivity index (χ3v) is 4.33. The number of phenolic OH excluding ortho intramolecular Hbond substituents is 1. The van der Waals surface area contributed by atoms with Gasteiger partial charge in [-0.2, -0.15) is 0 Å². The molecule has 1 aliphatic rings. The highest BCUT2D eigenvalue weighted by atomic mass is 127. The van der Waals surface area contributed by atoms with E-state index in [0.717, 1.165) is 11.6 Å². The second kappa shape index (κ2) is 7.77. The standard InChI is InChI=1S/C19H15IO6/c20-10-25-19(24)17-14-9-11(2-8-16(22)23)1-7-15(14)26-18(17)12-3-5-13(21)6-4-12/h1-9,17-18,21H,10H2,(H,22,23)/b8-2+/t17-,18+/m0/s1. The van der Waals surface area contributed by atoms with Crippen LogP contribution in [0.4, 0.5) is 0 Å². The van der Waals surface area contributed by atoms with Gasteiger partial charge in [-0.3, -0.25) is 4.79 Å². The second-order valence-corrected chi connectivity index (χ2v) is 6.27. The van der Waals surface area contributed by atoms with Crippen molar-refractivity contribution >= 4 is 40.6 Å². The molecule has 1 heterocycles. The number of phenols is 1. The van der Waals surface area contributed by atoms with E-state index in [1.807, 2.05) is 22.6 Å². The predicted octanol–water partition coefficient (Wildman–Crippen LogP) is 3.64. The van der Waals surface area contributed by atoms with Gasteiger partial charge in [0, 0.05) is 11.6 Å². The molecular formula is C19H15IO6. The maximum atomic E-state index is 12.6. The van der Waals surface area contributed by atoms with Crippen LogP contribution in [0.1, 0.15) is 28.7 Å². The molecule has 1 aliphatic heterocycles. The Kier molecular flexibility index (Phi) is 5.46. The number of carbonyl (C=O) groups excluding carboxylic acids is 1. The average Bonchev–Trinajstić information content (AvgIpc) is 2.99. The largest absolute Gasteiger partial charge is 0.508 e. The van der Waals surface area contributed by atoms with Crippen molar-refractivity contribution in [2.45, 2.75) is 12.0 Å². The number of halogens is 1. The first kappa shape index (κ1) is 18.2. The summed E-state index contributed by atoms with van der Waals surface area (Å²) in [5.41, 5.74) is 2.02. The van der Waals surface area contributed by atoms with E-state index in [4.69, 9.17) is 14.6 Å². The van der Waals surface area contributed by atoms with Gasteiger partial charge in [0.2, 0.25) is 0 Å². The highest BCUT2D eigenvalue weighted by molar-refractivity contribution is 14.1. The van der Waals surface area contributed by atoms with Crippen LogP contribution >= 0.6 is 22.6 Å². The molecule has 0 fully saturated rings. The van der Waals surface area contributed by atoms with Gasteiger partial charge in [0.05, 0.1) is 0 Å². The molecule has 3 rings (SSSR count). The van der Waals surface area contributed by atoms with Gasteiger partial charge in [0.25, 0.3) is 0 Å². The Bertz CT molecular complexity index is 859. The molecule has 2 atom stereocenters. The minimum Gasteiger partial charge on any atom is -0.508 e. The number of fused-ring (bicyclic) bond motifs is 1. The van der Waals surface area contributed by atoms with Crippen molar-refractivity contribution in [3.05, 3.63) is 65.2 Å². The van der Waals surface area contributed by atoms with E-state index in [0.29, 0.717) is 16.9 Å². The van der Waals surface area contributed by atoms with Crippen LogP contribution in [-0.4, -0.2) is 26.8 Å². The van der Waals surface area contributed by atoms with E-state index in [2.05, 4.69) is 0 Å². The van der Waals surface area contributed by atoms with Crippen molar-refractivity contribution in [3.63, 3.8) is 0 Å². The molecular weight excluding hydrogens is 451 g/mol. The number of carbonyl (C=O) groups is 2. The van der Waals surface area contributed by atoms with Gasteiger partial charge < -0.3 is 19.7 Å². The Labute approximate surface area is 163 Å². The Morgan fingerprint density at radius 2 is 1.92 bits per heavy atom. The molecule has 0 unspecified atom stereocenters. The number of hydrogen-bond donors (Lipinski definition) is 2. The number of carboxylic acids is 1. The summed E-state index contributed by atoms with van der Waals surface area (Å²) in [6.07, 6.45) is 1.91. The number of aliphatic carboxylic acids is 1. The molecule has 6 nitrogen and oxygen atoms in total. The lowest BCUT2D eigenvalue weighted by Crippen LogP contribution is -2.20. The summed E-state index contributed by atoms with van der Waals surface area (Å²) in [5, 5.41) is 18.3. The van der Waals surface area contributed by atoms with Crippen LogP contribution in [0.15, 0.2) is 48.5 Å². The van der Waals surface area contributed by atoms with Crippen molar-refractivity contribution < 1.29 is 29.3 Å². The Balaban J connectivity index is 2.01. The third-order valence-electron chi connectivity index (χ3n) is 4.02. The first-order chi connectivity index (χ1) is 12.5. The molecule has 0 bridgehead atoms. The van der Waals surface area contributed by atoms with Gasteiger partial charge in [-0.1, -0.05) is 18.2 Å². The number of hydrogen-bond acceptors (Lipinski definition) is 5. The molecule has 0 radical (unpaired) electrons. The minimum atomic E-state index is -1.05. The molecule has 0 saturated carbocycles. The van der Waals surface area contributed by atoms with Gasteiger partial charge in [-0.25, -0.2) is 4.79 Å². The number of ether oxygens (including phenoxy) is 2. The summed E-state index contributed by atoms with van der Waals surface area (Å²) in [4.78, 5) is 23.3. The van der Waals surface area contributed by atoms with Crippen LogP contribution in [0.25, 0.3) is 6.08 Å². The molecule has 7 heteroatoms. The van der Waals surface area contributed by atoms with Gasteiger partial charge >= 0.3 is 11.9 Å². The lowest BCUT2D eigenvalue weighted by Gasteiger charge is -2.18. The molecule has 0 saturated heterocycles. The molecule has 26 heavy (non-hydrogen) atoms. The smallest absolute Gasteiger partial charge is 0.328 e. The zero-order chi connectivity index (χ0) is 18.7. The first-order valence-electron chi connectivity index (χ1n) is 7.72. The van der Waals surface area contributed by atoms with Crippen molar-refractivity contribution in [2.75, 3.05) is 4.61 Å². The van der Waals surface area contributed by atoms with E-state index in [9.17, 15) is 14.7 Å². The van der Waals surface area contributed by atoms with Crippen LogP contribution in [0.5, 0.6) is 11.5 Å². The van der Waals surface area contributed by atoms with Gasteiger partial charge in [0.15, 0.2) is 0 Å². The molecule has 2 N–H and O–H groups in total. The van der Waals surface area contributed by atoms with Crippen molar-refractivity contribution in [2.24, 2.45) is 0 Å². The maximum Gasteiger partial charge on any atom is 0.328 e. The van der Waals surface area contributed by atoms with Crippen molar-refractivity contribution in [1.82, 2.24) is 0 Å². The number of esters is 1. The molecule has 2 aromatic rings. The van der Waals surface area contributed by atoms with Gasteiger partial charge in [-0.05, 0) is 64.1 Å². The first-order valence-corrected chi connectivity index (χ1v) is 9.25. The molecule has 2 aromatic carbocycles. The normalized spacial score (nSPS) is 18.3. The fourth-order valence-electron chi connectivity index (χ4n) is 2.88. The zero-order valence-electron chi connectivity index (χ0n) is 13.5. The Morgan fingerprint density at radius 1 is 1.19 bits per heavy atom. The summed E-state index contributed by atoms with van der Waals surface area (Å²) in [7, 11) is 0. The van der Waals surface area contributed by atoms with Gasteiger partial charge in [0.1, 0.15) is 28.1 Å². The quantitative estimate of drug-likeness (QED) is 0.303. The number of carboxylic acid groups (broad SMARTS) is 1. The van der Waals surface area contributed by atoms with Crippen molar-refractivity contribution in [3.8, 4) is 11.5 Å². The summed E-state index contributed by atoms with van der Waals surface area (Å²) < 4.78 is 11.4. The molecule has 134 valence electrons. The number of rotatable bonds is 5. The van der Waals surface area contributed by atoms with E-state index in [1.165, 1.54) is 18.2 Å². The van der Waals surface area contributed by atoms with Crippen LogP contribution in [0.2, 0.25) is 0 Å². The summed E-state index contributed by atoms with van der Waals surface area (Å²) in [6, 6.07) is 11.6. The van der Waals surface area contributed by atoms with Gasteiger partial charge in [-0.15, -0.1) is 0 Å². The Morgan fingerprint density at radius 3 is 2.58 bits per heavy atom. The Hall–Kier alpha value is -2.55. The van der Waals surface area contributed by atoms with Crippen LogP contribution in [0, 0.1) is 0 Å². The van der Waals surface area contributed by atoms with Crippen molar-refractivity contribution in [1.29, 1.82) is 0 Å². The molecule has 0 aliphatic carbocycles. The number of alkyl halides is 1. The fourth-order valence-corrected chi connectivity index (χ4v) is 3.18. The highest BCUT2D eigenvalue weighted by Crippen LogP contribution is 2.47. The number of benzene rings is 2. The lowest BCUT2D eigenvalue weighted by atomic mass is 9.90. The van der Waals surface area contributed by atoms with Crippen LogP contribution < -0.4 is 4.74 Å². The van der Waals surface area contributed by atoms with Crippen LogP contribution in [-0.2, 0) is 14.3 Å². The lowest BCUT2D eigenvalue weighted by molar-refractivity contribution is -0.144. The molecule has 0 amide bonds. The summed E-state index contributed by atoms with van der Waals surface area (Å²) >= 11 is 1.95. The topological polar surface area (TPSA) is 93.1 Å². The SMILES string of the molecule is O=C(O)/C=C/c1ccc2c(c1)[C@H](C(=O)OCI)[C@@H](c1ccc(O)cc1)O2. The predicted molar refractivity (Wildman–Crippen MR) is 102 cm³/mol. The van der Waals surface area contributed by atoms with Crippen LogP contribution in [0.3, 0.4) is 0 Å². The minimum absolute atomic E-state index is 0.122. The zero-order valence-corrected chi connectivity index (χ0v) is 15.6. The monoisotopic (exact) mass is 466 g/mol. The average molecular weight is 466 g/mol. The second-order valence-electron chi connectivity index (χ2n) is 5.65. The number of aromatic hydroxyl groups is 1. The molecule has 0 spiro atoms. The van der Waals surface area contributed by atoms with E-state index >= 15 is 0 Å².